The zero-order valence-corrected chi connectivity index (χ0v) is 13.9. The number of aryl methyl sites for hydroxylation is 1. The molecular weight excluding hydrogens is 306 g/mol. The normalized spacial score (nSPS) is 20.2. The highest BCUT2D eigenvalue weighted by Gasteiger charge is 2.39. The highest BCUT2D eigenvalue weighted by molar-refractivity contribution is 5.93. The summed E-state index contributed by atoms with van der Waals surface area (Å²) in [7, 11) is 1.69. The topological polar surface area (TPSA) is 82.5 Å². The largest absolute Gasteiger partial charge is 0.386 e. The number of aromatic nitrogens is 3. The highest BCUT2D eigenvalue weighted by Crippen LogP contribution is 2.25. The van der Waals surface area contributed by atoms with Crippen LogP contribution in [0.3, 0.4) is 0 Å². The minimum atomic E-state index is -0.980. The van der Waals surface area contributed by atoms with Crippen LogP contribution in [0.4, 0.5) is 5.95 Å². The molecule has 126 valence electrons. The van der Waals surface area contributed by atoms with E-state index in [2.05, 4.69) is 15.0 Å². The Balaban J connectivity index is 1.67. The Labute approximate surface area is 141 Å². The van der Waals surface area contributed by atoms with Crippen LogP contribution in [0, 0.1) is 6.92 Å². The van der Waals surface area contributed by atoms with Crippen molar-refractivity contribution < 1.29 is 9.90 Å². The molecule has 0 bridgehead atoms. The first-order valence-corrected chi connectivity index (χ1v) is 7.90. The molecule has 1 atom stereocenters. The highest BCUT2D eigenvalue weighted by atomic mass is 16.3. The first kappa shape index (κ1) is 16.3. The van der Waals surface area contributed by atoms with Crippen LogP contribution in [-0.2, 0) is 0 Å². The van der Waals surface area contributed by atoms with Crippen LogP contribution in [-0.4, -0.2) is 63.1 Å². The van der Waals surface area contributed by atoms with E-state index in [0.717, 1.165) is 5.56 Å². The number of anilines is 1. The van der Waals surface area contributed by atoms with E-state index in [-0.39, 0.29) is 12.5 Å². The molecule has 3 rings (SSSR count). The van der Waals surface area contributed by atoms with Gasteiger partial charge in [-0.25, -0.2) is 9.97 Å². The second-order valence-corrected chi connectivity index (χ2v) is 6.27. The average molecular weight is 327 g/mol. The zero-order chi connectivity index (χ0) is 17.2. The van der Waals surface area contributed by atoms with Gasteiger partial charge in [-0.05, 0) is 31.0 Å². The molecule has 2 aromatic rings. The molecule has 1 aliphatic heterocycles. The van der Waals surface area contributed by atoms with Gasteiger partial charge in [0.1, 0.15) is 11.3 Å². The third-order valence-corrected chi connectivity index (χ3v) is 4.26. The summed E-state index contributed by atoms with van der Waals surface area (Å²) in [5.41, 5.74) is 0.267. The van der Waals surface area contributed by atoms with Gasteiger partial charge < -0.3 is 14.9 Å². The van der Waals surface area contributed by atoms with Crippen LogP contribution in [0.25, 0.3) is 0 Å². The third kappa shape index (κ3) is 3.35. The molecule has 7 nitrogen and oxygen atoms in total. The molecule has 0 radical (unpaired) electrons. The minimum absolute atomic E-state index is 0.184. The van der Waals surface area contributed by atoms with Crippen molar-refractivity contribution in [1.29, 1.82) is 0 Å². The summed E-state index contributed by atoms with van der Waals surface area (Å²) in [6.07, 6.45) is 5.52. The maximum absolute atomic E-state index is 12.6. The number of aliphatic hydroxyl groups is 1. The molecule has 0 unspecified atom stereocenters. The molecule has 2 aromatic heterocycles. The molecular formula is C17H21N5O2. The Bertz CT molecular complexity index is 724. The third-order valence-electron chi connectivity index (χ3n) is 4.26. The standard InChI is InChI=1S/C17H21N5O2/c1-13-5-3-7-18-14(13)15(23)21(2)11-17(24)6-10-22(12-17)16-19-8-4-9-20-16/h3-5,7-9,24H,6,10-12H2,1-2H3/t17-/m0/s1. The van der Waals surface area contributed by atoms with Gasteiger partial charge in [-0.15, -0.1) is 0 Å². The summed E-state index contributed by atoms with van der Waals surface area (Å²) in [5, 5.41) is 10.8. The lowest BCUT2D eigenvalue weighted by atomic mass is 10.0. The van der Waals surface area contributed by atoms with Crippen LogP contribution < -0.4 is 4.90 Å². The Morgan fingerprint density at radius 2 is 2.00 bits per heavy atom. The Hall–Kier alpha value is -2.54. The van der Waals surface area contributed by atoms with E-state index in [9.17, 15) is 9.90 Å². The zero-order valence-electron chi connectivity index (χ0n) is 13.9. The summed E-state index contributed by atoms with van der Waals surface area (Å²) in [6.45, 7) is 3.15. The van der Waals surface area contributed by atoms with Crippen molar-refractivity contribution in [3.63, 3.8) is 0 Å². The Morgan fingerprint density at radius 3 is 2.71 bits per heavy atom. The molecule has 0 spiro atoms. The predicted octanol–water partition coefficient (Wildman–Crippen LogP) is 0.893. The van der Waals surface area contributed by atoms with E-state index in [1.807, 2.05) is 17.9 Å². The number of pyridine rings is 1. The molecule has 1 N–H and O–H groups in total. The van der Waals surface area contributed by atoms with Crippen LogP contribution >= 0.6 is 0 Å². The van der Waals surface area contributed by atoms with Gasteiger partial charge >= 0.3 is 0 Å². The van der Waals surface area contributed by atoms with Gasteiger partial charge in [0.15, 0.2) is 0 Å². The number of rotatable bonds is 4. The van der Waals surface area contributed by atoms with E-state index in [4.69, 9.17) is 0 Å². The van der Waals surface area contributed by atoms with Gasteiger partial charge in [0, 0.05) is 32.2 Å². The number of hydrogen-bond acceptors (Lipinski definition) is 6. The van der Waals surface area contributed by atoms with Crippen LogP contribution in [0.5, 0.6) is 0 Å². The molecule has 1 aliphatic rings. The van der Waals surface area contributed by atoms with Gasteiger partial charge in [0.25, 0.3) is 5.91 Å². The maximum atomic E-state index is 12.6. The van der Waals surface area contributed by atoms with Crippen LogP contribution in [0.15, 0.2) is 36.8 Å². The number of β-amino-alcohol motifs (C(OH)–C–C–N with tert-alkyl or cyclic N) is 1. The van der Waals surface area contributed by atoms with Crippen molar-refractivity contribution in [2.45, 2.75) is 18.9 Å². The van der Waals surface area contributed by atoms with Crippen LogP contribution in [0.1, 0.15) is 22.5 Å². The predicted molar refractivity (Wildman–Crippen MR) is 89.7 cm³/mol. The van der Waals surface area contributed by atoms with E-state index < -0.39 is 5.60 Å². The van der Waals surface area contributed by atoms with Gasteiger partial charge in [0.05, 0.1) is 13.1 Å². The Morgan fingerprint density at radius 1 is 1.29 bits per heavy atom. The lowest BCUT2D eigenvalue weighted by Crippen LogP contribution is -2.46. The summed E-state index contributed by atoms with van der Waals surface area (Å²) < 4.78 is 0. The number of hydrogen-bond donors (Lipinski definition) is 1. The summed E-state index contributed by atoms with van der Waals surface area (Å²) >= 11 is 0. The SMILES string of the molecule is Cc1cccnc1C(=O)N(C)C[C@@]1(O)CCN(c2ncccn2)C1. The number of likely N-dealkylation sites (N-methyl/N-ethyl adjacent to an activating group) is 1. The van der Waals surface area contributed by atoms with Gasteiger partial charge in [-0.2, -0.15) is 0 Å². The van der Waals surface area contributed by atoms with Gasteiger partial charge in [-0.3, -0.25) is 9.78 Å². The van der Waals surface area contributed by atoms with Gasteiger partial charge in [-0.1, -0.05) is 6.07 Å². The van der Waals surface area contributed by atoms with E-state index in [0.29, 0.717) is 31.2 Å². The fraction of sp³-hybridized carbons (Fsp3) is 0.412. The number of amides is 1. The van der Waals surface area contributed by atoms with E-state index in [1.54, 1.807) is 37.8 Å². The molecule has 1 fully saturated rings. The second kappa shape index (κ2) is 6.52. The van der Waals surface area contributed by atoms with E-state index >= 15 is 0 Å². The fourth-order valence-corrected chi connectivity index (χ4v) is 3.01. The quantitative estimate of drug-likeness (QED) is 0.898. The molecule has 0 aromatic carbocycles. The van der Waals surface area contributed by atoms with Crippen LogP contribution in [0.2, 0.25) is 0 Å². The van der Waals surface area contributed by atoms with Gasteiger partial charge in [0.2, 0.25) is 5.95 Å². The molecule has 0 saturated carbocycles. The van der Waals surface area contributed by atoms with E-state index in [1.165, 1.54) is 4.90 Å². The Kier molecular flexibility index (Phi) is 4.44. The average Bonchev–Trinajstić information content (AvgIpc) is 2.97. The fourth-order valence-electron chi connectivity index (χ4n) is 3.01. The van der Waals surface area contributed by atoms with Crippen molar-refractivity contribution in [3.05, 3.63) is 48.0 Å². The summed E-state index contributed by atoms with van der Waals surface area (Å²) in [4.78, 5) is 28.6. The van der Waals surface area contributed by atoms with Crippen molar-refractivity contribution in [2.24, 2.45) is 0 Å². The summed E-state index contributed by atoms with van der Waals surface area (Å²) in [6, 6.07) is 5.41. The van der Waals surface area contributed by atoms with Crippen molar-refractivity contribution in [3.8, 4) is 0 Å². The molecule has 7 heteroatoms. The second-order valence-electron chi connectivity index (χ2n) is 6.27. The molecule has 0 aliphatic carbocycles. The summed E-state index contributed by atoms with van der Waals surface area (Å²) in [5.74, 6) is 0.416. The lowest BCUT2D eigenvalue weighted by molar-refractivity contribution is 0.0261. The number of nitrogens with zero attached hydrogens (tertiary/aromatic N) is 5. The first-order valence-electron chi connectivity index (χ1n) is 7.90. The maximum Gasteiger partial charge on any atom is 0.272 e. The van der Waals surface area contributed by atoms with Crippen molar-refractivity contribution in [2.75, 3.05) is 31.6 Å². The molecule has 1 amide bonds. The monoisotopic (exact) mass is 327 g/mol. The van der Waals surface area contributed by atoms with Crippen molar-refractivity contribution >= 4 is 11.9 Å². The lowest BCUT2D eigenvalue weighted by Gasteiger charge is -2.29. The molecule has 3 heterocycles. The smallest absolute Gasteiger partial charge is 0.272 e. The minimum Gasteiger partial charge on any atom is -0.386 e. The molecule has 1 saturated heterocycles. The molecule has 24 heavy (non-hydrogen) atoms. The number of carbonyl (C=O) groups is 1. The first-order chi connectivity index (χ1) is 11.5. The number of carbonyl (C=O) groups excluding carboxylic acids is 1. The van der Waals surface area contributed by atoms with Crippen molar-refractivity contribution in [1.82, 2.24) is 19.9 Å².